The predicted octanol–water partition coefficient (Wildman–Crippen LogP) is 3.75. The molecule has 4 rings (SSSR count). The van der Waals surface area contributed by atoms with Crippen molar-refractivity contribution in [2.75, 3.05) is 38.7 Å². The van der Waals surface area contributed by atoms with Gasteiger partial charge in [-0.15, -0.1) is 0 Å². The van der Waals surface area contributed by atoms with E-state index in [0.29, 0.717) is 17.6 Å². The molecule has 1 aromatic carbocycles. The van der Waals surface area contributed by atoms with Gasteiger partial charge in [-0.2, -0.15) is 0 Å². The van der Waals surface area contributed by atoms with Gasteiger partial charge in [0.15, 0.2) is 0 Å². The summed E-state index contributed by atoms with van der Waals surface area (Å²) >= 11 is 6.23. The molecule has 1 atom stereocenters. The normalized spacial score (nSPS) is 20.1. The number of nitrogens with zero attached hydrogens (tertiary/aromatic N) is 4. The van der Waals surface area contributed by atoms with Gasteiger partial charge in [-0.1, -0.05) is 23.7 Å². The van der Waals surface area contributed by atoms with E-state index in [1.165, 1.54) is 0 Å². The zero-order valence-electron chi connectivity index (χ0n) is 17.0. The fourth-order valence-electron chi connectivity index (χ4n) is 4.14. The van der Waals surface area contributed by atoms with Crippen LogP contribution in [-0.2, 0) is 9.53 Å². The van der Waals surface area contributed by atoms with Gasteiger partial charge in [-0.25, -0.2) is 9.97 Å². The second kappa shape index (κ2) is 8.67. The predicted molar refractivity (Wildman–Crippen MR) is 114 cm³/mol. The van der Waals surface area contributed by atoms with Crippen LogP contribution in [0.1, 0.15) is 37.3 Å². The van der Waals surface area contributed by atoms with Crippen molar-refractivity contribution in [2.24, 2.45) is 0 Å². The summed E-state index contributed by atoms with van der Waals surface area (Å²) in [4.78, 5) is 26.0. The van der Waals surface area contributed by atoms with Crippen LogP contribution >= 0.6 is 11.6 Å². The Morgan fingerprint density at radius 1 is 1.24 bits per heavy atom. The fraction of sp³-hybridized carbons (Fsp3) is 0.500. The smallest absolute Gasteiger partial charge is 0.251 e. The van der Waals surface area contributed by atoms with E-state index in [2.05, 4.69) is 4.98 Å². The van der Waals surface area contributed by atoms with Crippen molar-refractivity contribution in [3.63, 3.8) is 0 Å². The SMILES string of the molecule is CN(C)c1ncc(-c2cccc(Cl)c2)c(C2CCN(C(=O)[C@@H]3CCCO3)CC2)n1. The quantitative estimate of drug-likeness (QED) is 0.762. The van der Waals surface area contributed by atoms with Crippen LogP contribution in [-0.4, -0.2) is 60.7 Å². The Hall–Kier alpha value is -2.18. The molecule has 0 saturated carbocycles. The fourth-order valence-corrected chi connectivity index (χ4v) is 4.33. The topological polar surface area (TPSA) is 58.6 Å². The van der Waals surface area contributed by atoms with Gasteiger partial charge in [-0.05, 0) is 43.4 Å². The lowest BCUT2D eigenvalue weighted by molar-refractivity contribution is -0.142. The Kier molecular flexibility index (Phi) is 6.01. The van der Waals surface area contributed by atoms with Crippen LogP contribution in [0.15, 0.2) is 30.5 Å². The lowest BCUT2D eigenvalue weighted by Crippen LogP contribution is -2.43. The first-order valence-electron chi connectivity index (χ1n) is 10.2. The molecular formula is C22H27ClN4O2. The minimum atomic E-state index is -0.243. The van der Waals surface area contributed by atoms with Gasteiger partial charge in [0.05, 0.1) is 5.69 Å². The molecule has 0 N–H and O–H groups in total. The van der Waals surface area contributed by atoms with Crippen LogP contribution in [0.5, 0.6) is 0 Å². The Labute approximate surface area is 176 Å². The molecule has 2 fully saturated rings. The molecule has 2 saturated heterocycles. The van der Waals surface area contributed by atoms with E-state index in [1.807, 2.05) is 54.4 Å². The first-order chi connectivity index (χ1) is 14.0. The molecule has 0 spiro atoms. The number of halogens is 1. The molecule has 0 radical (unpaired) electrons. The summed E-state index contributed by atoms with van der Waals surface area (Å²) in [6, 6.07) is 7.81. The third kappa shape index (κ3) is 4.38. The number of carbonyl (C=O) groups excluding carboxylic acids is 1. The highest BCUT2D eigenvalue weighted by Gasteiger charge is 2.32. The van der Waals surface area contributed by atoms with Gasteiger partial charge in [0.2, 0.25) is 5.95 Å². The van der Waals surface area contributed by atoms with Crippen LogP contribution in [0.4, 0.5) is 5.95 Å². The maximum Gasteiger partial charge on any atom is 0.251 e. The van der Waals surface area contributed by atoms with Crippen molar-refractivity contribution >= 4 is 23.5 Å². The first kappa shape index (κ1) is 20.1. The highest BCUT2D eigenvalue weighted by molar-refractivity contribution is 6.30. The summed E-state index contributed by atoms with van der Waals surface area (Å²) in [5.41, 5.74) is 3.08. The minimum Gasteiger partial charge on any atom is -0.368 e. The summed E-state index contributed by atoms with van der Waals surface area (Å²) in [6.07, 6.45) is 5.24. The highest BCUT2D eigenvalue weighted by Crippen LogP contribution is 2.35. The minimum absolute atomic E-state index is 0.146. The van der Waals surface area contributed by atoms with Gasteiger partial charge in [0.1, 0.15) is 6.10 Å². The molecule has 2 aromatic rings. The van der Waals surface area contributed by atoms with E-state index in [4.69, 9.17) is 21.3 Å². The van der Waals surface area contributed by atoms with Crippen molar-refractivity contribution in [1.82, 2.24) is 14.9 Å². The molecule has 0 unspecified atom stereocenters. The second-order valence-corrected chi connectivity index (χ2v) is 8.41. The molecule has 2 aliphatic heterocycles. The average Bonchev–Trinajstić information content (AvgIpc) is 3.28. The number of hydrogen-bond donors (Lipinski definition) is 0. The van der Waals surface area contributed by atoms with Crippen LogP contribution in [0, 0.1) is 0 Å². The van der Waals surface area contributed by atoms with Gasteiger partial charge in [0, 0.05) is 56.5 Å². The van der Waals surface area contributed by atoms with E-state index in [0.717, 1.165) is 55.6 Å². The molecule has 3 heterocycles. The molecular weight excluding hydrogens is 388 g/mol. The maximum atomic E-state index is 12.7. The standard InChI is InChI=1S/C22H27ClN4O2/c1-26(2)22-24-14-18(16-5-3-6-17(23)13-16)20(25-22)15-8-10-27(11-9-15)21(28)19-7-4-12-29-19/h3,5-6,13-15,19H,4,7-12H2,1-2H3/t19-/m0/s1. The third-order valence-corrected chi connectivity index (χ3v) is 5.97. The number of hydrogen-bond acceptors (Lipinski definition) is 5. The number of likely N-dealkylation sites (tertiary alicyclic amines) is 1. The number of aromatic nitrogens is 2. The van der Waals surface area contributed by atoms with E-state index in [9.17, 15) is 4.79 Å². The Morgan fingerprint density at radius 2 is 2.03 bits per heavy atom. The van der Waals surface area contributed by atoms with E-state index in [1.54, 1.807) is 0 Å². The second-order valence-electron chi connectivity index (χ2n) is 7.97. The van der Waals surface area contributed by atoms with Crippen molar-refractivity contribution in [1.29, 1.82) is 0 Å². The molecule has 154 valence electrons. The summed E-state index contributed by atoms with van der Waals surface area (Å²) in [7, 11) is 3.89. The maximum absolute atomic E-state index is 12.7. The largest absolute Gasteiger partial charge is 0.368 e. The van der Waals surface area contributed by atoms with E-state index >= 15 is 0 Å². The number of piperidine rings is 1. The van der Waals surface area contributed by atoms with Crippen LogP contribution in [0.3, 0.4) is 0 Å². The van der Waals surface area contributed by atoms with Crippen molar-refractivity contribution < 1.29 is 9.53 Å². The van der Waals surface area contributed by atoms with Gasteiger partial charge in [0.25, 0.3) is 5.91 Å². The van der Waals surface area contributed by atoms with Gasteiger partial charge in [-0.3, -0.25) is 4.79 Å². The average molecular weight is 415 g/mol. The molecule has 7 heteroatoms. The molecule has 1 amide bonds. The van der Waals surface area contributed by atoms with Crippen molar-refractivity contribution in [3.8, 4) is 11.1 Å². The van der Waals surface area contributed by atoms with Crippen LogP contribution in [0.25, 0.3) is 11.1 Å². The summed E-state index contributed by atoms with van der Waals surface area (Å²) < 4.78 is 5.58. The monoisotopic (exact) mass is 414 g/mol. The first-order valence-corrected chi connectivity index (χ1v) is 10.6. The summed E-state index contributed by atoms with van der Waals surface area (Å²) in [5.74, 6) is 1.12. The summed E-state index contributed by atoms with van der Waals surface area (Å²) in [5, 5.41) is 0.696. The Bertz CT molecular complexity index is 875. The molecule has 29 heavy (non-hydrogen) atoms. The Morgan fingerprint density at radius 3 is 2.69 bits per heavy atom. The zero-order valence-corrected chi connectivity index (χ0v) is 17.7. The van der Waals surface area contributed by atoms with Gasteiger partial charge < -0.3 is 14.5 Å². The number of rotatable bonds is 4. The lowest BCUT2D eigenvalue weighted by atomic mass is 9.88. The molecule has 6 nitrogen and oxygen atoms in total. The van der Waals surface area contributed by atoms with Crippen molar-refractivity contribution in [2.45, 2.75) is 37.7 Å². The van der Waals surface area contributed by atoms with Crippen LogP contribution < -0.4 is 4.90 Å². The van der Waals surface area contributed by atoms with Gasteiger partial charge >= 0.3 is 0 Å². The Balaban J connectivity index is 1.57. The molecule has 2 aliphatic rings. The molecule has 0 bridgehead atoms. The number of benzene rings is 1. The van der Waals surface area contributed by atoms with E-state index < -0.39 is 0 Å². The number of carbonyl (C=O) groups is 1. The number of ether oxygens (including phenoxy) is 1. The van der Waals surface area contributed by atoms with Crippen molar-refractivity contribution in [3.05, 3.63) is 41.2 Å². The summed E-state index contributed by atoms with van der Waals surface area (Å²) in [6.45, 7) is 2.17. The zero-order chi connectivity index (χ0) is 20.4. The van der Waals surface area contributed by atoms with Crippen LogP contribution in [0.2, 0.25) is 5.02 Å². The molecule has 0 aliphatic carbocycles. The van der Waals surface area contributed by atoms with E-state index in [-0.39, 0.29) is 17.9 Å². The lowest BCUT2D eigenvalue weighted by Gasteiger charge is -2.34. The molecule has 1 aromatic heterocycles. The highest BCUT2D eigenvalue weighted by atomic mass is 35.5. The third-order valence-electron chi connectivity index (χ3n) is 5.74. The number of anilines is 1. The number of amides is 1.